The minimum Gasteiger partial charge on any atom is -0.492 e. The van der Waals surface area contributed by atoms with Crippen molar-refractivity contribution >= 4 is 40.5 Å². The number of hydrogen-bond acceptors (Lipinski definition) is 7. The lowest BCUT2D eigenvalue weighted by Crippen LogP contribution is -2.29. The van der Waals surface area contributed by atoms with Gasteiger partial charge in [0, 0.05) is 11.4 Å². The quantitative estimate of drug-likeness (QED) is 0.473. The maximum atomic E-state index is 12.7. The largest absolute Gasteiger partial charge is 0.492 e. The van der Waals surface area contributed by atoms with Crippen molar-refractivity contribution < 1.29 is 9.53 Å². The number of nitrogens with two attached hydrogens (primary N) is 1. The van der Waals surface area contributed by atoms with Crippen molar-refractivity contribution in [3.63, 3.8) is 0 Å². The van der Waals surface area contributed by atoms with E-state index in [9.17, 15) is 4.79 Å². The second kappa shape index (κ2) is 10.5. The highest BCUT2D eigenvalue weighted by Crippen LogP contribution is 2.24. The molecule has 7 nitrogen and oxygen atoms in total. The molecule has 0 saturated heterocycles. The predicted molar refractivity (Wildman–Crippen MR) is 125 cm³/mol. The number of carbonyl (C=O) groups is 1. The van der Waals surface area contributed by atoms with Gasteiger partial charge >= 0.3 is 0 Å². The molecule has 156 valence electrons. The van der Waals surface area contributed by atoms with Crippen molar-refractivity contribution in [2.75, 3.05) is 24.3 Å². The molecule has 0 aromatic heterocycles. The van der Waals surface area contributed by atoms with Crippen LogP contribution in [-0.4, -0.2) is 41.2 Å². The molecular weight excluding hydrogens is 398 g/mol. The number of hydrogen-bond donors (Lipinski definition) is 2. The van der Waals surface area contributed by atoms with E-state index >= 15 is 0 Å². The molecule has 3 rings (SSSR count). The Labute approximate surface area is 180 Å². The Bertz CT molecular complexity index is 973. The van der Waals surface area contributed by atoms with E-state index in [2.05, 4.69) is 15.6 Å². The molecule has 0 atom stereocenters. The van der Waals surface area contributed by atoms with Gasteiger partial charge in [-0.25, -0.2) is 5.01 Å². The van der Waals surface area contributed by atoms with Crippen LogP contribution >= 0.6 is 11.8 Å². The van der Waals surface area contributed by atoms with Gasteiger partial charge in [0.15, 0.2) is 5.71 Å². The molecule has 0 radical (unpaired) electrons. The Morgan fingerprint density at radius 1 is 1.23 bits per heavy atom. The molecule has 0 fully saturated rings. The molecule has 0 bridgehead atoms. The summed E-state index contributed by atoms with van der Waals surface area (Å²) in [5.41, 5.74) is 12.3. The van der Waals surface area contributed by atoms with Crippen molar-refractivity contribution in [2.24, 2.45) is 15.9 Å². The predicted octanol–water partition coefficient (Wildman–Crippen LogP) is 3.76. The fourth-order valence-electron chi connectivity index (χ4n) is 2.77. The Morgan fingerprint density at radius 3 is 2.73 bits per heavy atom. The summed E-state index contributed by atoms with van der Waals surface area (Å²) in [7, 11) is 0. The highest BCUT2D eigenvalue weighted by molar-refractivity contribution is 8.02. The lowest BCUT2D eigenvalue weighted by Gasteiger charge is -2.11. The van der Waals surface area contributed by atoms with Gasteiger partial charge in [-0.05, 0) is 37.0 Å². The van der Waals surface area contributed by atoms with E-state index in [0.29, 0.717) is 47.5 Å². The van der Waals surface area contributed by atoms with E-state index in [0.717, 1.165) is 5.56 Å². The van der Waals surface area contributed by atoms with Gasteiger partial charge in [0.25, 0.3) is 5.91 Å². The second-order valence-corrected chi connectivity index (χ2v) is 7.40. The standard InChI is InChI=1S/C22H25N5O2S/c1-3-29-20-12-8-7-11-19(20)24-25-21-16(2)26-27(22(21)28)13-14-30-15-18(23)17-9-5-4-6-10-17/h4-12,15,24H,3,13-14,23H2,1-2H3/b18-15-,25-21+. The highest BCUT2D eigenvalue weighted by Gasteiger charge is 2.29. The van der Waals surface area contributed by atoms with Gasteiger partial charge in [-0.3, -0.25) is 10.2 Å². The number of anilines is 1. The maximum Gasteiger partial charge on any atom is 0.296 e. The van der Waals surface area contributed by atoms with E-state index < -0.39 is 0 Å². The average Bonchev–Trinajstić information content (AvgIpc) is 3.04. The van der Waals surface area contributed by atoms with Crippen LogP contribution in [0.4, 0.5) is 5.69 Å². The van der Waals surface area contributed by atoms with Crippen molar-refractivity contribution in [1.29, 1.82) is 0 Å². The maximum absolute atomic E-state index is 12.7. The number of carbonyl (C=O) groups excluding carboxylic acids is 1. The molecule has 0 saturated carbocycles. The average molecular weight is 424 g/mol. The van der Waals surface area contributed by atoms with Crippen molar-refractivity contribution in [3.05, 3.63) is 65.6 Å². The van der Waals surface area contributed by atoms with Gasteiger partial charge in [-0.1, -0.05) is 42.5 Å². The molecular formula is C22H25N5O2S. The smallest absolute Gasteiger partial charge is 0.296 e. The van der Waals surface area contributed by atoms with Crippen LogP contribution < -0.4 is 15.9 Å². The summed E-state index contributed by atoms with van der Waals surface area (Å²) in [6.45, 7) is 4.70. The minimum atomic E-state index is -0.227. The fourth-order valence-corrected chi connectivity index (χ4v) is 3.49. The van der Waals surface area contributed by atoms with Crippen LogP contribution in [-0.2, 0) is 4.79 Å². The zero-order valence-electron chi connectivity index (χ0n) is 17.0. The van der Waals surface area contributed by atoms with Crippen molar-refractivity contribution in [1.82, 2.24) is 5.01 Å². The normalized spacial score (nSPS) is 15.5. The Kier molecular flexibility index (Phi) is 7.51. The van der Waals surface area contributed by atoms with Gasteiger partial charge < -0.3 is 10.5 Å². The van der Waals surface area contributed by atoms with Crippen LogP contribution in [0.25, 0.3) is 5.70 Å². The van der Waals surface area contributed by atoms with Crippen molar-refractivity contribution in [3.8, 4) is 5.75 Å². The lowest BCUT2D eigenvalue weighted by molar-refractivity contribution is -0.123. The summed E-state index contributed by atoms with van der Waals surface area (Å²) in [5.74, 6) is 1.12. The first kappa shape index (κ1) is 21.4. The summed E-state index contributed by atoms with van der Waals surface area (Å²) in [6, 6.07) is 17.2. The summed E-state index contributed by atoms with van der Waals surface area (Å²) in [6.07, 6.45) is 0. The first-order valence-electron chi connectivity index (χ1n) is 9.65. The van der Waals surface area contributed by atoms with Gasteiger partial charge in [0.2, 0.25) is 0 Å². The molecule has 2 aromatic carbocycles. The summed E-state index contributed by atoms with van der Waals surface area (Å²) < 4.78 is 5.57. The molecule has 30 heavy (non-hydrogen) atoms. The van der Waals surface area contributed by atoms with Crippen LogP contribution in [0.3, 0.4) is 0 Å². The van der Waals surface area contributed by atoms with Gasteiger partial charge in [0.1, 0.15) is 5.75 Å². The third-order valence-electron chi connectivity index (χ3n) is 4.26. The summed E-state index contributed by atoms with van der Waals surface area (Å²) in [5, 5.41) is 11.9. The molecule has 1 aliphatic heterocycles. The number of benzene rings is 2. The molecule has 1 heterocycles. The van der Waals surface area contributed by atoms with Crippen molar-refractivity contribution in [2.45, 2.75) is 13.8 Å². The summed E-state index contributed by atoms with van der Waals surface area (Å²) in [4.78, 5) is 12.7. The molecule has 8 heteroatoms. The number of para-hydroxylation sites is 2. The Morgan fingerprint density at radius 2 is 1.97 bits per heavy atom. The van der Waals surface area contributed by atoms with E-state index in [1.54, 1.807) is 18.7 Å². The third-order valence-corrected chi connectivity index (χ3v) is 5.10. The topological polar surface area (TPSA) is 92.3 Å². The molecule has 1 aliphatic rings. The van der Waals surface area contributed by atoms with Gasteiger partial charge in [-0.2, -0.15) is 10.2 Å². The zero-order valence-corrected chi connectivity index (χ0v) is 17.9. The number of rotatable bonds is 9. The summed E-state index contributed by atoms with van der Waals surface area (Å²) >= 11 is 1.54. The number of ether oxygens (including phenoxy) is 1. The van der Waals surface area contributed by atoms with Gasteiger partial charge in [0.05, 0.1) is 24.6 Å². The number of nitrogens with zero attached hydrogens (tertiary/aromatic N) is 3. The molecule has 3 N–H and O–H groups in total. The molecule has 1 amide bonds. The second-order valence-electron chi connectivity index (χ2n) is 6.43. The molecule has 0 aliphatic carbocycles. The van der Waals surface area contributed by atoms with Crippen LogP contribution in [0.5, 0.6) is 5.75 Å². The molecule has 0 unspecified atom stereocenters. The molecule has 0 spiro atoms. The van der Waals surface area contributed by atoms with E-state index in [-0.39, 0.29) is 5.91 Å². The number of nitrogens with one attached hydrogen (secondary N) is 1. The zero-order chi connectivity index (χ0) is 21.3. The SMILES string of the molecule is CCOc1ccccc1N/N=C1/C(=O)N(CCS/C=C(\N)c2ccccc2)N=C1C. The highest BCUT2D eigenvalue weighted by atomic mass is 32.2. The number of hydrazone groups is 2. The van der Waals surface area contributed by atoms with E-state index in [4.69, 9.17) is 10.5 Å². The van der Waals surface area contributed by atoms with E-state index in [1.807, 2.05) is 66.9 Å². The first-order chi connectivity index (χ1) is 14.6. The number of amides is 1. The minimum absolute atomic E-state index is 0.227. The fraction of sp³-hybridized carbons (Fsp3) is 0.227. The van der Waals surface area contributed by atoms with E-state index in [1.165, 1.54) is 5.01 Å². The van der Waals surface area contributed by atoms with Crippen LogP contribution in [0.2, 0.25) is 0 Å². The Balaban J connectivity index is 1.56. The first-order valence-corrected chi connectivity index (χ1v) is 10.7. The molecule has 2 aromatic rings. The third kappa shape index (κ3) is 5.42. The number of thioether (sulfide) groups is 1. The van der Waals surface area contributed by atoms with Crippen LogP contribution in [0.1, 0.15) is 19.4 Å². The Hall–Kier alpha value is -3.26. The van der Waals surface area contributed by atoms with Crippen LogP contribution in [0.15, 0.2) is 70.2 Å². The van der Waals surface area contributed by atoms with Gasteiger partial charge in [-0.15, -0.1) is 11.8 Å². The lowest BCUT2D eigenvalue weighted by atomic mass is 10.2. The van der Waals surface area contributed by atoms with Crippen LogP contribution in [0, 0.1) is 0 Å². The monoisotopic (exact) mass is 423 g/mol.